The minimum absolute atomic E-state index is 0.0824. The molecular formula is C13H17N3. The number of rotatable bonds is 1. The van der Waals surface area contributed by atoms with Crippen LogP contribution in [-0.4, -0.2) is 10.2 Å². The van der Waals surface area contributed by atoms with E-state index in [0.717, 1.165) is 16.8 Å². The number of anilines is 1. The molecule has 84 valence electrons. The zero-order valence-electron chi connectivity index (χ0n) is 9.91. The Labute approximate surface area is 95.7 Å². The van der Waals surface area contributed by atoms with Gasteiger partial charge in [0.1, 0.15) is 0 Å². The highest BCUT2D eigenvalue weighted by molar-refractivity contribution is 5.68. The van der Waals surface area contributed by atoms with E-state index in [9.17, 15) is 0 Å². The Bertz CT molecular complexity index is 478. The quantitative estimate of drug-likeness (QED) is 0.718. The fourth-order valence-corrected chi connectivity index (χ4v) is 1.83. The lowest BCUT2D eigenvalue weighted by Crippen LogP contribution is -2.13. The molecule has 0 aliphatic rings. The fourth-order valence-electron chi connectivity index (χ4n) is 1.83. The maximum Gasteiger partial charge on any atom is 0.0565 e. The van der Waals surface area contributed by atoms with Crippen LogP contribution in [0.25, 0.3) is 11.1 Å². The summed E-state index contributed by atoms with van der Waals surface area (Å²) in [4.78, 5) is 0. The van der Waals surface area contributed by atoms with Crippen LogP contribution in [0, 0.1) is 0 Å². The van der Waals surface area contributed by atoms with E-state index >= 15 is 0 Å². The SMILES string of the molecule is CC(C)(C)c1ccc(-c2cn[nH]c2)cc1N. The minimum atomic E-state index is 0.0824. The highest BCUT2D eigenvalue weighted by atomic mass is 15.1. The number of hydrogen-bond donors (Lipinski definition) is 2. The number of nitrogen functional groups attached to an aromatic ring is 1. The highest BCUT2D eigenvalue weighted by Crippen LogP contribution is 2.31. The van der Waals surface area contributed by atoms with Crippen molar-refractivity contribution in [2.75, 3.05) is 5.73 Å². The Hall–Kier alpha value is -1.77. The van der Waals surface area contributed by atoms with Crippen LogP contribution in [0.3, 0.4) is 0 Å². The molecule has 0 radical (unpaired) electrons. The molecule has 16 heavy (non-hydrogen) atoms. The van der Waals surface area contributed by atoms with Crippen molar-refractivity contribution in [3.63, 3.8) is 0 Å². The molecule has 0 aliphatic carbocycles. The van der Waals surface area contributed by atoms with Gasteiger partial charge >= 0.3 is 0 Å². The van der Waals surface area contributed by atoms with Crippen LogP contribution >= 0.6 is 0 Å². The number of aromatic amines is 1. The van der Waals surface area contributed by atoms with Gasteiger partial charge in [0.2, 0.25) is 0 Å². The molecule has 2 rings (SSSR count). The summed E-state index contributed by atoms with van der Waals surface area (Å²) < 4.78 is 0. The lowest BCUT2D eigenvalue weighted by molar-refractivity contribution is 0.592. The van der Waals surface area contributed by atoms with Gasteiger partial charge in [-0.25, -0.2) is 0 Å². The van der Waals surface area contributed by atoms with Crippen molar-refractivity contribution >= 4 is 5.69 Å². The van der Waals surface area contributed by atoms with Gasteiger partial charge in [0, 0.05) is 17.4 Å². The van der Waals surface area contributed by atoms with Crippen molar-refractivity contribution in [1.29, 1.82) is 0 Å². The molecule has 0 bridgehead atoms. The number of benzene rings is 1. The third kappa shape index (κ3) is 1.94. The molecule has 0 unspecified atom stereocenters. The van der Waals surface area contributed by atoms with Crippen LogP contribution < -0.4 is 5.73 Å². The third-order valence-corrected chi connectivity index (χ3v) is 2.69. The van der Waals surface area contributed by atoms with Gasteiger partial charge < -0.3 is 5.73 Å². The first-order valence-electron chi connectivity index (χ1n) is 5.37. The molecule has 3 nitrogen and oxygen atoms in total. The van der Waals surface area contributed by atoms with E-state index in [4.69, 9.17) is 5.73 Å². The van der Waals surface area contributed by atoms with Gasteiger partial charge in [0.25, 0.3) is 0 Å². The van der Waals surface area contributed by atoms with E-state index in [2.05, 4.69) is 43.1 Å². The molecule has 0 saturated carbocycles. The van der Waals surface area contributed by atoms with E-state index < -0.39 is 0 Å². The van der Waals surface area contributed by atoms with Gasteiger partial charge in [-0.3, -0.25) is 5.10 Å². The van der Waals surface area contributed by atoms with Crippen molar-refractivity contribution in [1.82, 2.24) is 10.2 Å². The molecule has 0 saturated heterocycles. The monoisotopic (exact) mass is 215 g/mol. The predicted octanol–water partition coefficient (Wildman–Crippen LogP) is 2.96. The average molecular weight is 215 g/mol. The largest absolute Gasteiger partial charge is 0.398 e. The van der Waals surface area contributed by atoms with E-state index in [1.54, 1.807) is 6.20 Å². The number of nitrogens with zero attached hydrogens (tertiary/aromatic N) is 1. The van der Waals surface area contributed by atoms with Crippen molar-refractivity contribution in [3.8, 4) is 11.1 Å². The zero-order valence-corrected chi connectivity index (χ0v) is 9.91. The summed E-state index contributed by atoms with van der Waals surface area (Å²) in [5.41, 5.74) is 10.3. The van der Waals surface area contributed by atoms with Gasteiger partial charge in [-0.15, -0.1) is 0 Å². The first-order valence-corrected chi connectivity index (χ1v) is 5.37. The standard InChI is InChI=1S/C13H17N3/c1-13(2,3)11-5-4-9(6-12(11)14)10-7-15-16-8-10/h4-8H,14H2,1-3H3,(H,15,16). The maximum absolute atomic E-state index is 6.08. The second kappa shape index (κ2) is 3.67. The lowest BCUT2D eigenvalue weighted by Gasteiger charge is -2.21. The van der Waals surface area contributed by atoms with E-state index in [1.807, 2.05) is 12.3 Å². The number of nitrogens with one attached hydrogen (secondary N) is 1. The van der Waals surface area contributed by atoms with Gasteiger partial charge in [-0.05, 0) is 22.6 Å². The Morgan fingerprint density at radius 2 is 1.94 bits per heavy atom. The third-order valence-electron chi connectivity index (χ3n) is 2.69. The second-order valence-corrected chi connectivity index (χ2v) is 5.04. The highest BCUT2D eigenvalue weighted by Gasteiger charge is 2.16. The van der Waals surface area contributed by atoms with E-state index in [-0.39, 0.29) is 5.41 Å². The molecule has 3 heteroatoms. The summed E-state index contributed by atoms with van der Waals surface area (Å²) in [5.74, 6) is 0. The summed E-state index contributed by atoms with van der Waals surface area (Å²) in [6, 6.07) is 6.19. The van der Waals surface area contributed by atoms with E-state index in [1.165, 1.54) is 5.56 Å². The molecule has 3 N–H and O–H groups in total. The number of H-pyrrole nitrogens is 1. The molecule has 0 aliphatic heterocycles. The first-order chi connectivity index (χ1) is 7.48. The molecule has 0 fully saturated rings. The van der Waals surface area contributed by atoms with Gasteiger partial charge in [-0.1, -0.05) is 32.9 Å². The van der Waals surface area contributed by atoms with E-state index in [0.29, 0.717) is 0 Å². The Balaban J connectivity index is 2.45. The second-order valence-electron chi connectivity index (χ2n) is 5.04. The lowest BCUT2D eigenvalue weighted by atomic mass is 9.85. The van der Waals surface area contributed by atoms with Crippen LogP contribution in [0.15, 0.2) is 30.6 Å². The zero-order chi connectivity index (χ0) is 11.8. The summed E-state index contributed by atoms with van der Waals surface area (Å²) in [6.07, 6.45) is 3.66. The minimum Gasteiger partial charge on any atom is -0.398 e. The number of aromatic nitrogens is 2. The number of hydrogen-bond acceptors (Lipinski definition) is 2. The van der Waals surface area contributed by atoms with Gasteiger partial charge in [-0.2, -0.15) is 5.10 Å². The topological polar surface area (TPSA) is 54.7 Å². The summed E-state index contributed by atoms with van der Waals surface area (Å²) in [6.45, 7) is 6.49. The normalized spacial score (nSPS) is 11.7. The average Bonchev–Trinajstić information content (AvgIpc) is 2.68. The molecule has 0 spiro atoms. The van der Waals surface area contributed by atoms with Gasteiger partial charge in [0.15, 0.2) is 0 Å². The molecule has 1 heterocycles. The molecule has 1 aromatic heterocycles. The smallest absolute Gasteiger partial charge is 0.0565 e. The predicted molar refractivity (Wildman–Crippen MR) is 67.1 cm³/mol. The van der Waals surface area contributed by atoms with Crippen LogP contribution in [0.2, 0.25) is 0 Å². The summed E-state index contributed by atoms with van der Waals surface area (Å²) in [7, 11) is 0. The van der Waals surface area contributed by atoms with Crippen LogP contribution in [0.1, 0.15) is 26.3 Å². The van der Waals surface area contributed by atoms with Crippen LogP contribution in [0.4, 0.5) is 5.69 Å². The van der Waals surface area contributed by atoms with Crippen LogP contribution in [0.5, 0.6) is 0 Å². The number of nitrogens with two attached hydrogens (primary N) is 1. The van der Waals surface area contributed by atoms with Crippen LogP contribution in [-0.2, 0) is 5.41 Å². The first kappa shape index (κ1) is 10.7. The Morgan fingerprint density at radius 1 is 1.19 bits per heavy atom. The Kier molecular flexibility index (Phi) is 2.46. The molecule has 0 atom stereocenters. The molecular weight excluding hydrogens is 198 g/mol. The molecule has 2 aromatic rings. The van der Waals surface area contributed by atoms with Crippen molar-refractivity contribution in [2.45, 2.75) is 26.2 Å². The van der Waals surface area contributed by atoms with Crippen molar-refractivity contribution < 1.29 is 0 Å². The molecule has 1 aromatic carbocycles. The Morgan fingerprint density at radius 3 is 2.44 bits per heavy atom. The fraction of sp³-hybridized carbons (Fsp3) is 0.308. The van der Waals surface area contributed by atoms with Gasteiger partial charge in [0.05, 0.1) is 6.20 Å². The summed E-state index contributed by atoms with van der Waals surface area (Å²) >= 11 is 0. The molecule has 0 amide bonds. The summed E-state index contributed by atoms with van der Waals surface area (Å²) in [5, 5.41) is 6.74. The van der Waals surface area contributed by atoms with Crippen molar-refractivity contribution in [2.24, 2.45) is 0 Å². The van der Waals surface area contributed by atoms with Crippen molar-refractivity contribution in [3.05, 3.63) is 36.2 Å². The maximum atomic E-state index is 6.08.